The molecule has 0 aromatic heterocycles. The summed E-state index contributed by atoms with van der Waals surface area (Å²) >= 11 is 0. The number of carbonyl (C=O) groups is 2. The van der Waals surface area contributed by atoms with Gasteiger partial charge in [-0.25, -0.2) is 14.6 Å². The fraction of sp³-hybridized carbons (Fsp3) is 0.333. The Hall–Kier alpha value is -2.82. The summed E-state index contributed by atoms with van der Waals surface area (Å²) in [6.45, 7) is -0.282. The molecule has 10 nitrogen and oxygen atoms in total. The molecule has 1 aromatic carbocycles. The maximum Gasteiger partial charge on any atom is 0.344 e. The van der Waals surface area contributed by atoms with Gasteiger partial charge in [-0.05, 0) is 12.1 Å². The maximum absolute atomic E-state index is 11.9. The summed E-state index contributed by atoms with van der Waals surface area (Å²) in [6.07, 6.45) is -3.62. The third-order valence-electron chi connectivity index (χ3n) is 3.81. The molecule has 6 N–H and O–H groups in total. The number of nitrogens with two attached hydrogens (primary N) is 1. The zero-order valence-corrected chi connectivity index (χ0v) is 13.0. The number of nitrogens with one attached hydrogen (secondary N) is 2. The quantitative estimate of drug-likeness (QED) is 0.416. The summed E-state index contributed by atoms with van der Waals surface area (Å²) < 4.78 is 10.6. The summed E-state index contributed by atoms with van der Waals surface area (Å²) in [5.41, 5.74) is 8.35. The lowest BCUT2D eigenvalue weighted by molar-refractivity contribution is -0.0934. The molecule has 1 aromatic rings. The van der Waals surface area contributed by atoms with Gasteiger partial charge < -0.3 is 25.4 Å². The second kappa shape index (κ2) is 6.97. The monoisotopic (exact) mass is 350 g/mol. The molecule has 0 unspecified atom stereocenters. The fourth-order valence-electron chi connectivity index (χ4n) is 2.50. The van der Waals surface area contributed by atoms with Crippen molar-refractivity contribution >= 4 is 12.0 Å². The van der Waals surface area contributed by atoms with Crippen molar-refractivity contribution < 1.29 is 29.3 Å². The van der Waals surface area contributed by atoms with E-state index in [0.29, 0.717) is 5.56 Å². The number of hydrogen-bond donors (Lipinski definition) is 5. The van der Waals surface area contributed by atoms with Gasteiger partial charge in [0.15, 0.2) is 6.23 Å². The number of carbonyl (C=O) groups excluding carboxylic acids is 2. The second-order valence-corrected chi connectivity index (χ2v) is 5.54. The third-order valence-corrected chi connectivity index (χ3v) is 3.81. The lowest BCUT2D eigenvalue weighted by Crippen LogP contribution is -2.59. The molecule has 0 spiro atoms. The van der Waals surface area contributed by atoms with Gasteiger partial charge in [-0.3, -0.25) is 10.7 Å². The Kier molecular flexibility index (Phi) is 4.74. The van der Waals surface area contributed by atoms with E-state index in [-0.39, 0.29) is 12.4 Å². The maximum atomic E-state index is 11.9. The zero-order valence-electron chi connectivity index (χ0n) is 13.0. The van der Waals surface area contributed by atoms with Crippen molar-refractivity contribution in [2.45, 2.75) is 24.5 Å². The molecule has 1 saturated heterocycles. The number of benzene rings is 1. The van der Waals surface area contributed by atoms with Crippen LogP contribution >= 0.6 is 0 Å². The second-order valence-electron chi connectivity index (χ2n) is 5.54. The number of aliphatic hydroxyl groups is 2. The molecule has 4 atom stereocenters. The van der Waals surface area contributed by atoms with E-state index in [1.807, 2.05) is 0 Å². The average molecular weight is 350 g/mol. The Morgan fingerprint density at radius 1 is 1.28 bits per heavy atom. The smallest absolute Gasteiger partial charge is 0.344 e. The predicted molar refractivity (Wildman–Crippen MR) is 83.2 cm³/mol. The standard InChI is InChI=1S/C15H18N4O6/c16-10-6-17-19(15(23)18-10)13-12(21)11(20)9(25-13)7-24-14(22)8-4-2-1-3-5-8/h1-6,9,11-13,17,20-21H,7,16H2,(H,18,23)/t9-,11+,12-,13-/m0/s1. The molecular weight excluding hydrogens is 332 g/mol. The van der Waals surface area contributed by atoms with Gasteiger partial charge in [-0.15, -0.1) is 0 Å². The van der Waals surface area contributed by atoms with Gasteiger partial charge in [0, 0.05) is 0 Å². The Balaban J connectivity index is 1.60. The number of urea groups is 1. The predicted octanol–water partition coefficient (Wildman–Crippen LogP) is -1.42. The molecule has 10 heteroatoms. The lowest BCUT2D eigenvalue weighted by Gasteiger charge is -2.32. The molecular formula is C15H18N4O6. The Labute approximate surface area is 142 Å². The van der Waals surface area contributed by atoms with Crippen molar-refractivity contribution in [3.05, 3.63) is 47.9 Å². The van der Waals surface area contributed by atoms with Crippen molar-refractivity contribution in [2.75, 3.05) is 6.61 Å². The van der Waals surface area contributed by atoms with Gasteiger partial charge in [0.25, 0.3) is 0 Å². The number of hydrazine groups is 1. The van der Waals surface area contributed by atoms with Crippen LogP contribution in [0.1, 0.15) is 10.4 Å². The number of amides is 2. The first-order valence-corrected chi connectivity index (χ1v) is 7.53. The summed E-state index contributed by atoms with van der Waals surface area (Å²) in [5.74, 6) is -0.485. The Bertz CT molecular complexity index is 682. The molecule has 2 amide bonds. The zero-order chi connectivity index (χ0) is 18.0. The van der Waals surface area contributed by atoms with Gasteiger partial charge in [-0.1, -0.05) is 18.2 Å². The number of hydrogen-bond acceptors (Lipinski definition) is 8. The number of aliphatic hydroxyl groups excluding tert-OH is 2. The van der Waals surface area contributed by atoms with Crippen molar-refractivity contribution in [3.63, 3.8) is 0 Å². The highest BCUT2D eigenvalue weighted by Gasteiger charge is 2.48. The van der Waals surface area contributed by atoms with Crippen molar-refractivity contribution in [1.82, 2.24) is 15.8 Å². The highest BCUT2D eigenvalue weighted by atomic mass is 16.6. The van der Waals surface area contributed by atoms with Crippen molar-refractivity contribution in [1.29, 1.82) is 0 Å². The summed E-state index contributed by atoms with van der Waals surface area (Å²) in [6, 6.07) is 7.67. The van der Waals surface area contributed by atoms with Crippen molar-refractivity contribution in [2.24, 2.45) is 5.73 Å². The van der Waals surface area contributed by atoms with E-state index in [1.165, 1.54) is 6.20 Å². The molecule has 0 bridgehead atoms. The van der Waals surface area contributed by atoms with Crippen LogP contribution in [0, 0.1) is 0 Å². The highest BCUT2D eigenvalue weighted by Crippen LogP contribution is 2.24. The minimum atomic E-state index is -1.40. The summed E-state index contributed by atoms with van der Waals surface area (Å²) in [4.78, 5) is 23.8. The van der Waals surface area contributed by atoms with Gasteiger partial charge >= 0.3 is 12.0 Å². The first-order chi connectivity index (χ1) is 12.0. The van der Waals surface area contributed by atoms with Crippen LogP contribution in [0.4, 0.5) is 4.79 Å². The van der Waals surface area contributed by atoms with Gasteiger partial charge in [-0.2, -0.15) is 0 Å². The molecule has 25 heavy (non-hydrogen) atoms. The molecule has 0 aliphatic carbocycles. The highest BCUT2D eigenvalue weighted by molar-refractivity contribution is 5.89. The van der Waals surface area contributed by atoms with E-state index in [1.54, 1.807) is 30.3 Å². The molecule has 2 heterocycles. The molecule has 0 saturated carbocycles. The molecule has 3 rings (SSSR count). The third kappa shape index (κ3) is 3.50. The van der Waals surface area contributed by atoms with Gasteiger partial charge in [0.2, 0.25) is 0 Å². The van der Waals surface area contributed by atoms with Crippen LogP contribution in [0.15, 0.2) is 42.4 Å². The number of rotatable bonds is 4. The normalized spacial score (nSPS) is 28.8. The topological polar surface area (TPSA) is 146 Å². The van der Waals surface area contributed by atoms with Crippen molar-refractivity contribution in [3.8, 4) is 0 Å². The number of esters is 1. The van der Waals surface area contributed by atoms with Crippen LogP contribution in [0.5, 0.6) is 0 Å². The lowest BCUT2D eigenvalue weighted by atomic mass is 10.1. The van der Waals surface area contributed by atoms with E-state index < -0.39 is 36.5 Å². The Morgan fingerprint density at radius 3 is 2.68 bits per heavy atom. The minimum Gasteiger partial charge on any atom is -0.459 e. The van der Waals surface area contributed by atoms with Crippen LogP contribution < -0.4 is 16.5 Å². The SMILES string of the molecule is NC1=CNN([C@H]2O[C@@H](COC(=O)c3ccccc3)[C@@H](O)[C@@H]2O)C(=O)N1. The molecule has 0 radical (unpaired) electrons. The number of nitrogens with zero attached hydrogens (tertiary/aromatic N) is 1. The van der Waals surface area contributed by atoms with Crippen LogP contribution in [0.3, 0.4) is 0 Å². The van der Waals surface area contributed by atoms with Crippen LogP contribution in [0.2, 0.25) is 0 Å². The van der Waals surface area contributed by atoms with E-state index in [4.69, 9.17) is 15.2 Å². The number of ether oxygens (including phenoxy) is 2. The largest absolute Gasteiger partial charge is 0.459 e. The van der Waals surface area contributed by atoms with E-state index in [9.17, 15) is 19.8 Å². The van der Waals surface area contributed by atoms with Gasteiger partial charge in [0.1, 0.15) is 30.7 Å². The molecule has 1 fully saturated rings. The minimum absolute atomic E-state index is 0.0997. The average Bonchev–Trinajstić information content (AvgIpc) is 2.89. The summed E-state index contributed by atoms with van der Waals surface area (Å²) in [7, 11) is 0. The van der Waals surface area contributed by atoms with Gasteiger partial charge in [0.05, 0.1) is 11.8 Å². The van der Waals surface area contributed by atoms with E-state index in [0.717, 1.165) is 5.01 Å². The fourth-order valence-corrected chi connectivity index (χ4v) is 2.50. The molecule has 134 valence electrons. The van der Waals surface area contributed by atoms with E-state index in [2.05, 4.69) is 10.7 Å². The Morgan fingerprint density at radius 2 is 2.00 bits per heavy atom. The van der Waals surface area contributed by atoms with E-state index >= 15 is 0 Å². The van der Waals surface area contributed by atoms with Crippen LogP contribution in [-0.2, 0) is 9.47 Å². The first-order valence-electron chi connectivity index (χ1n) is 7.53. The van der Waals surface area contributed by atoms with Crippen LogP contribution in [0.25, 0.3) is 0 Å². The summed E-state index contributed by atoms with van der Waals surface area (Å²) in [5, 5.41) is 23.5. The molecule has 2 aliphatic heterocycles. The van der Waals surface area contributed by atoms with Crippen LogP contribution in [-0.4, -0.2) is 58.4 Å². The molecule has 2 aliphatic rings. The first kappa shape index (κ1) is 17.0.